The van der Waals surface area contributed by atoms with Gasteiger partial charge in [0.05, 0.1) is 19.3 Å². The second-order valence-corrected chi connectivity index (χ2v) is 4.84. The number of aromatic nitrogens is 1. The Morgan fingerprint density at radius 1 is 1.45 bits per heavy atom. The lowest BCUT2D eigenvalue weighted by molar-refractivity contribution is -0.00564. The van der Waals surface area contributed by atoms with Gasteiger partial charge in [0, 0.05) is 25.8 Å². The fourth-order valence-corrected chi connectivity index (χ4v) is 2.28. The summed E-state index contributed by atoms with van der Waals surface area (Å²) in [4.78, 5) is 18.2. The lowest BCUT2D eigenvalue weighted by Gasteiger charge is -2.31. The molecule has 0 saturated carbocycles. The van der Waals surface area contributed by atoms with E-state index in [1.54, 1.807) is 17.2 Å². The summed E-state index contributed by atoms with van der Waals surface area (Å²) in [5.74, 6) is -0.0471. The smallest absolute Gasteiger partial charge is 0.272 e. The van der Waals surface area contributed by atoms with Gasteiger partial charge in [-0.15, -0.1) is 0 Å². The molecule has 0 radical (unpaired) electrons. The summed E-state index contributed by atoms with van der Waals surface area (Å²) in [7, 11) is 0. The molecule has 0 aliphatic carbocycles. The third kappa shape index (κ3) is 3.75. The van der Waals surface area contributed by atoms with Crippen LogP contribution >= 0.6 is 0 Å². The average Bonchev–Trinajstić information content (AvgIpc) is 2.53. The van der Waals surface area contributed by atoms with E-state index >= 15 is 0 Å². The van der Waals surface area contributed by atoms with Crippen LogP contribution < -0.4 is 5.73 Å². The summed E-state index contributed by atoms with van der Waals surface area (Å²) in [6, 6.07) is 3.55. The minimum absolute atomic E-state index is 0.0383. The molecular weight excluding hydrogens is 258 g/mol. The van der Waals surface area contributed by atoms with Crippen LogP contribution in [0.4, 0.5) is 0 Å². The van der Waals surface area contributed by atoms with Gasteiger partial charge in [-0.2, -0.15) is 0 Å². The SMILES string of the molecule is NCc1ccc(C(=O)N2CCC(OCCO)CC2)nc1. The molecule has 2 heterocycles. The van der Waals surface area contributed by atoms with Crippen molar-refractivity contribution in [3.05, 3.63) is 29.6 Å². The zero-order chi connectivity index (χ0) is 14.4. The molecule has 1 aromatic rings. The Kier molecular flexibility index (Phi) is 5.46. The topological polar surface area (TPSA) is 88.7 Å². The standard InChI is InChI=1S/C14H21N3O3/c15-9-11-1-2-13(16-10-11)14(19)17-5-3-12(4-6-17)20-8-7-18/h1-2,10,12,18H,3-9,15H2. The number of aliphatic hydroxyl groups is 1. The summed E-state index contributed by atoms with van der Waals surface area (Å²) in [6.07, 6.45) is 3.38. The normalized spacial score (nSPS) is 16.4. The zero-order valence-electron chi connectivity index (χ0n) is 11.5. The summed E-state index contributed by atoms with van der Waals surface area (Å²) in [5.41, 5.74) is 6.88. The van der Waals surface area contributed by atoms with Gasteiger partial charge in [-0.05, 0) is 24.5 Å². The first kappa shape index (κ1) is 14.9. The number of likely N-dealkylation sites (tertiary alicyclic amines) is 1. The van der Waals surface area contributed by atoms with E-state index in [4.69, 9.17) is 15.6 Å². The molecule has 0 atom stereocenters. The van der Waals surface area contributed by atoms with Gasteiger partial charge in [0.15, 0.2) is 0 Å². The quantitative estimate of drug-likeness (QED) is 0.801. The van der Waals surface area contributed by atoms with Crippen LogP contribution in [0.5, 0.6) is 0 Å². The van der Waals surface area contributed by atoms with Crippen molar-refractivity contribution >= 4 is 5.91 Å². The van der Waals surface area contributed by atoms with Crippen molar-refractivity contribution in [2.45, 2.75) is 25.5 Å². The fourth-order valence-electron chi connectivity index (χ4n) is 2.28. The molecule has 3 N–H and O–H groups in total. The third-order valence-corrected chi connectivity index (χ3v) is 3.45. The molecule has 6 nitrogen and oxygen atoms in total. The van der Waals surface area contributed by atoms with E-state index in [0.717, 1.165) is 18.4 Å². The van der Waals surface area contributed by atoms with Gasteiger partial charge in [0.2, 0.25) is 0 Å². The van der Waals surface area contributed by atoms with E-state index in [-0.39, 0.29) is 18.6 Å². The molecule has 1 aliphatic heterocycles. The summed E-state index contributed by atoms with van der Waals surface area (Å²) in [6.45, 7) is 2.15. The van der Waals surface area contributed by atoms with Crippen LogP contribution in [-0.4, -0.2) is 53.3 Å². The van der Waals surface area contributed by atoms with E-state index in [2.05, 4.69) is 4.98 Å². The lowest BCUT2D eigenvalue weighted by Crippen LogP contribution is -2.41. The monoisotopic (exact) mass is 279 g/mol. The van der Waals surface area contributed by atoms with Gasteiger partial charge in [0.25, 0.3) is 5.91 Å². The number of aliphatic hydroxyl groups excluding tert-OH is 1. The van der Waals surface area contributed by atoms with Gasteiger partial charge >= 0.3 is 0 Å². The molecule has 110 valence electrons. The van der Waals surface area contributed by atoms with Crippen LogP contribution in [0.1, 0.15) is 28.9 Å². The molecule has 1 fully saturated rings. The average molecular weight is 279 g/mol. The third-order valence-electron chi connectivity index (χ3n) is 3.45. The molecule has 1 aliphatic rings. The predicted octanol–water partition coefficient (Wildman–Crippen LogP) is 0.154. The number of nitrogens with zero attached hydrogens (tertiary/aromatic N) is 2. The highest BCUT2D eigenvalue weighted by Crippen LogP contribution is 2.15. The second kappa shape index (κ2) is 7.33. The number of carbonyl (C=O) groups excluding carboxylic acids is 1. The van der Waals surface area contributed by atoms with Crippen LogP contribution in [0, 0.1) is 0 Å². The molecule has 1 aromatic heterocycles. The Bertz CT molecular complexity index is 428. The lowest BCUT2D eigenvalue weighted by atomic mass is 10.1. The molecule has 1 saturated heterocycles. The Morgan fingerprint density at radius 3 is 2.75 bits per heavy atom. The summed E-state index contributed by atoms with van der Waals surface area (Å²) >= 11 is 0. The Hall–Kier alpha value is -1.50. The van der Waals surface area contributed by atoms with Gasteiger partial charge in [-0.3, -0.25) is 9.78 Å². The highest BCUT2D eigenvalue weighted by molar-refractivity contribution is 5.92. The molecule has 1 amide bonds. The van der Waals surface area contributed by atoms with Gasteiger partial charge < -0.3 is 20.5 Å². The number of amides is 1. The summed E-state index contributed by atoms with van der Waals surface area (Å²) < 4.78 is 5.48. The van der Waals surface area contributed by atoms with E-state index in [1.807, 2.05) is 6.07 Å². The molecule has 2 rings (SSSR count). The largest absolute Gasteiger partial charge is 0.394 e. The number of rotatable bonds is 5. The van der Waals surface area contributed by atoms with Crippen molar-refractivity contribution in [3.63, 3.8) is 0 Å². The number of carbonyl (C=O) groups is 1. The first-order valence-corrected chi connectivity index (χ1v) is 6.91. The van der Waals surface area contributed by atoms with Crippen LogP contribution in [0.3, 0.4) is 0 Å². The molecule has 20 heavy (non-hydrogen) atoms. The molecule has 0 spiro atoms. The maximum absolute atomic E-state index is 12.3. The highest BCUT2D eigenvalue weighted by atomic mass is 16.5. The minimum Gasteiger partial charge on any atom is -0.394 e. The van der Waals surface area contributed by atoms with Crippen molar-refractivity contribution in [2.24, 2.45) is 5.73 Å². The number of nitrogens with two attached hydrogens (primary N) is 1. The van der Waals surface area contributed by atoms with E-state index < -0.39 is 0 Å². The van der Waals surface area contributed by atoms with Crippen molar-refractivity contribution in [3.8, 4) is 0 Å². The molecule has 0 bridgehead atoms. The maximum Gasteiger partial charge on any atom is 0.272 e. The van der Waals surface area contributed by atoms with E-state index in [0.29, 0.717) is 31.9 Å². The maximum atomic E-state index is 12.3. The Morgan fingerprint density at radius 2 is 2.20 bits per heavy atom. The fraction of sp³-hybridized carbons (Fsp3) is 0.571. The van der Waals surface area contributed by atoms with Crippen molar-refractivity contribution in [1.29, 1.82) is 0 Å². The molecular formula is C14H21N3O3. The highest BCUT2D eigenvalue weighted by Gasteiger charge is 2.24. The number of piperidine rings is 1. The van der Waals surface area contributed by atoms with Gasteiger partial charge in [-0.1, -0.05) is 6.07 Å². The number of ether oxygens (including phenoxy) is 1. The first-order valence-electron chi connectivity index (χ1n) is 6.91. The van der Waals surface area contributed by atoms with Gasteiger partial charge in [-0.25, -0.2) is 0 Å². The zero-order valence-corrected chi connectivity index (χ0v) is 11.5. The van der Waals surface area contributed by atoms with Crippen LogP contribution in [0.25, 0.3) is 0 Å². The van der Waals surface area contributed by atoms with Crippen LogP contribution in [-0.2, 0) is 11.3 Å². The van der Waals surface area contributed by atoms with Crippen molar-refractivity contribution < 1.29 is 14.6 Å². The van der Waals surface area contributed by atoms with Crippen LogP contribution in [0.15, 0.2) is 18.3 Å². The van der Waals surface area contributed by atoms with E-state index in [1.165, 1.54) is 0 Å². The predicted molar refractivity (Wildman–Crippen MR) is 74.1 cm³/mol. The second-order valence-electron chi connectivity index (χ2n) is 4.84. The van der Waals surface area contributed by atoms with Crippen LogP contribution in [0.2, 0.25) is 0 Å². The number of hydrogen-bond acceptors (Lipinski definition) is 5. The number of pyridine rings is 1. The number of hydrogen-bond donors (Lipinski definition) is 2. The van der Waals surface area contributed by atoms with Gasteiger partial charge in [0.1, 0.15) is 5.69 Å². The Labute approximate surface area is 118 Å². The molecule has 0 unspecified atom stereocenters. The first-order chi connectivity index (χ1) is 9.74. The van der Waals surface area contributed by atoms with Crippen molar-refractivity contribution in [1.82, 2.24) is 9.88 Å². The molecule has 0 aromatic carbocycles. The summed E-state index contributed by atoms with van der Waals surface area (Å²) in [5, 5.41) is 8.72. The van der Waals surface area contributed by atoms with Crippen molar-refractivity contribution in [2.75, 3.05) is 26.3 Å². The van der Waals surface area contributed by atoms with E-state index in [9.17, 15) is 4.79 Å². The Balaban J connectivity index is 1.87. The minimum atomic E-state index is -0.0471. The molecule has 6 heteroatoms.